The number of hydrogen-bond donors (Lipinski definition) is 2. The van der Waals surface area contributed by atoms with E-state index in [1.165, 1.54) is 28.9 Å². The third-order valence-corrected chi connectivity index (χ3v) is 6.75. The molecule has 1 aromatic carbocycles. The van der Waals surface area contributed by atoms with Crippen LogP contribution in [0.4, 0.5) is 14.5 Å². The van der Waals surface area contributed by atoms with Gasteiger partial charge >= 0.3 is 6.61 Å². The highest BCUT2D eigenvalue weighted by Gasteiger charge is 2.23. The number of carbonyl (C=O) groups is 1. The number of amides is 1. The van der Waals surface area contributed by atoms with Crippen molar-refractivity contribution in [3.05, 3.63) is 71.5 Å². The fourth-order valence-corrected chi connectivity index (χ4v) is 4.83. The van der Waals surface area contributed by atoms with Gasteiger partial charge in [-0.3, -0.25) is 9.48 Å². The maximum Gasteiger partial charge on any atom is 0.387 e. The lowest BCUT2D eigenvalue weighted by atomic mass is 10.1. The quantitative estimate of drug-likeness (QED) is 0.290. The van der Waals surface area contributed by atoms with Gasteiger partial charge in [0.15, 0.2) is 5.65 Å². The summed E-state index contributed by atoms with van der Waals surface area (Å²) in [4.78, 5) is 17.5. The first-order valence-electron chi connectivity index (χ1n) is 12.5. The molecule has 6 rings (SSSR count). The largest absolute Gasteiger partial charge is 0.434 e. The molecular weight excluding hydrogens is 546 g/mol. The van der Waals surface area contributed by atoms with Gasteiger partial charge in [0.05, 0.1) is 30.7 Å². The number of carbonyl (C=O) groups excluding carboxylic acids is 1. The van der Waals surface area contributed by atoms with Crippen LogP contribution in [0.15, 0.2) is 55.2 Å². The predicted octanol–water partition coefficient (Wildman–Crippen LogP) is 3.66. The van der Waals surface area contributed by atoms with Gasteiger partial charge in [-0.1, -0.05) is 16.8 Å². The number of anilines is 1. The molecule has 2 N–H and O–H groups in total. The number of rotatable bonds is 8. The van der Waals surface area contributed by atoms with Crippen LogP contribution in [0, 0.1) is 0 Å². The summed E-state index contributed by atoms with van der Waals surface area (Å²) in [5.74, 6) is -0.653. The van der Waals surface area contributed by atoms with Crippen LogP contribution in [-0.2, 0) is 6.54 Å². The Bertz CT molecular complexity index is 1660. The van der Waals surface area contributed by atoms with E-state index in [1.807, 2.05) is 10.9 Å². The molecule has 15 heteroatoms. The Morgan fingerprint density at radius 1 is 1.25 bits per heavy atom. The van der Waals surface area contributed by atoms with Crippen molar-refractivity contribution in [2.24, 2.45) is 0 Å². The van der Waals surface area contributed by atoms with E-state index in [1.54, 1.807) is 29.3 Å². The molecule has 4 aromatic heterocycles. The SMILES string of the molecule is O=C(Nc1cn(Cc2cn(C3CCNCC3)nn2)nc1-c1cc(Cl)ccc1OC(F)F)c1cnn2cccnc12. The molecule has 0 aliphatic carbocycles. The van der Waals surface area contributed by atoms with Crippen LogP contribution in [0.2, 0.25) is 5.02 Å². The monoisotopic (exact) mass is 568 g/mol. The summed E-state index contributed by atoms with van der Waals surface area (Å²) in [5, 5.41) is 23.7. The second-order valence-corrected chi connectivity index (χ2v) is 9.62. The Kier molecular flexibility index (Phi) is 7.09. The highest BCUT2D eigenvalue weighted by Crippen LogP contribution is 2.37. The minimum absolute atomic E-state index is 0.144. The summed E-state index contributed by atoms with van der Waals surface area (Å²) < 4.78 is 36.0. The molecule has 1 amide bonds. The molecule has 0 saturated carbocycles. The van der Waals surface area contributed by atoms with Crippen molar-refractivity contribution in [3.8, 4) is 17.0 Å². The Hall–Kier alpha value is -4.43. The summed E-state index contributed by atoms with van der Waals surface area (Å²) in [6.07, 6.45) is 9.96. The molecule has 12 nitrogen and oxygen atoms in total. The molecule has 1 aliphatic rings. The molecule has 40 heavy (non-hydrogen) atoms. The summed E-state index contributed by atoms with van der Waals surface area (Å²) in [5.41, 5.74) is 1.83. The first-order valence-corrected chi connectivity index (χ1v) is 12.9. The smallest absolute Gasteiger partial charge is 0.387 e. The first kappa shape index (κ1) is 25.8. The van der Waals surface area contributed by atoms with Crippen molar-refractivity contribution in [1.29, 1.82) is 0 Å². The molecular formula is C25H23ClF2N10O2. The number of ether oxygens (including phenoxy) is 1. The molecule has 5 aromatic rings. The topological polar surface area (TPSA) is 129 Å². The van der Waals surface area contributed by atoms with Gasteiger partial charge in [0.1, 0.15) is 22.7 Å². The number of halogens is 3. The fraction of sp³-hybridized carbons (Fsp3) is 0.280. The van der Waals surface area contributed by atoms with E-state index in [2.05, 4.69) is 36.1 Å². The van der Waals surface area contributed by atoms with E-state index in [0.29, 0.717) is 11.3 Å². The average Bonchev–Trinajstić information content (AvgIpc) is 3.69. The molecule has 0 atom stereocenters. The number of nitrogens with zero attached hydrogens (tertiary/aromatic N) is 8. The Balaban J connectivity index is 1.35. The molecule has 206 valence electrons. The predicted molar refractivity (Wildman–Crippen MR) is 141 cm³/mol. The number of nitrogens with one attached hydrogen (secondary N) is 2. The lowest BCUT2D eigenvalue weighted by Crippen LogP contribution is -2.29. The fourth-order valence-electron chi connectivity index (χ4n) is 4.66. The van der Waals surface area contributed by atoms with Gasteiger partial charge in [-0.15, -0.1) is 5.10 Å². The van der Waals surface area contributed by atoms with Crippen LogP contribution in [-0.4, -0.2) is 65.0 Å². The number of hydrogen-bond acceptors (Lipinski definition) is 8. The molecule has 1 aliphatic heterocycles. The highest BCUT2D eigenvalue weighted by molar-refractivity contribution is 6.31. The Morgan fingerprint density at radius 3 is 2.92 bits per heavy atom. The van der Waals surface area contributed by atoms with Gasteiger partial charge in [-0.25, -0.2) is 14.2 Å². The summed E-state index contributed by atoms with van der Waals surface area (Å²) in [7, 11) is 0. The normalized spacial score (nSPS) is 14.2. The van der Waals surface area contributed by atoms with E-state index in [-0.39, 0.29) is 45.9 Å². The van der Waals surface area contributed by atoms with Crippen LogP contribution in [0.5, 0.6) is 5.75 Å². The summed E-state index contributed by atoms with van der Waals surface area (Å²) in [6, 6.07) is 6.15. The second kappa shape index (κ2) is 11.0. The number of benzene rings is 1. The van der Waals surface area contributed by atoms with Crippen LogP contribution in [0.25, 0.3) is 16.9 Å². The molecule has 0 radical (unpaired) electrons. The summed E-state index contributed by atoms with van der Waals surface area (Å²) >= 11 is 6.21. The first-order chi connectivity index (χ1) is 19.4. The van der Waals surface area contributed by atoms with E-state index < -0.39 is 12.5 Å². The van der Waals surface area contributed by atoms with E-state index in [4.69, 9.17) is 16.3 Å². The van der Waals surface area contributed by atoms with Crippen molar-refractivity contribution >= 4 is 28.8 Å². The van der Waals surface area contributed by atoms with Crippen molar-refractivity contribution in [2.75, 3.05) is 18.4 Å². The van der Waals surface area contributed by atoms with Gasteiger partial charge in [0.2, 0.25) is 0 Å². The molecule has 1 saturated heterocycles. The molecule has 0 bridgehead atoms. The van der Waals surface area contributed by atoms with Crippen molar-refractivity contribution < 1.29 is 18.3 Å². The third kappa shape index (κ3) is 5.35. The minimum atomic E-state index is -3.07. The van der Waals surface area contributed by atoms with Crippen LogP contribution < -0.4 is 15.4 Å². The maximum absolute atomic E-state index is 13.3. The van der Waals surface area contributed by atoms with E-state index >= 15 is 0 Å². The minimum Gasteiger partial charge on any atom is -0.434 e. The Labute approximate surface area is 230 Å². The van der Waals surface area contributed by atoms with Crippen molar-refractivity contribution in [1.82, 2.24) is 44.7 Å². The van der Waals surface area contributed by atoms with Crippen molar-refractivity contribution in [2.45, 2.75) is 32.0 Å². The number of fused-ring (bicyclic) bond motifs is 1. The molecule has 0 spiro atoms. The maximum atomic E-state index is 13.3. The number of aromatic nitrogens is 8. The zero-order valence-electron chi connectivity index (χ0n) is 20.9. The second-order valence-electron chi connectivity index (χ2n) is 9.18. The summed E-state index contributed by atoms with van der Waals surface area (Å²) in [6.45, 7) is -1.03. The van der Waals surface area contributed by atoms with Crippen LogP contribution in [0.3, 0.4) is 0 Å². The van der Waals surface area contributed by atoms with E-state index in [0.717, 1.165) is 25.9 Å². The zero-order chi connectivity index (χ0) is 27.6. The lowest BCUT2D eigenvalue weighted by molar-refractivity contribution is -0.0494. The Morgan fingerprint density at radius 2 is 2.10 bits per heavy atom. The average molecular weight is 569 g/mol. The number of piperidine rings is 1. The lowest BCUT2D eigenvalue weighted by Gasteiger charge is -2.22. The van der Waals surface area contributed by atoms with E-state index in [9.17, 15) is 13.6 Å². The van der Waals surface area contributed by atoms with Crippen molar-refractivity contribution in [3.63, 3.8) is 0 Å². The van der Waals surface area contributed by atoms with Crippen LogP contribution in [0.1, 0.15) is 34.9 Å². The zero-order valence-corrected chi connectivity index (χ0v) is 21.7. The van der Waals surface area contributed by atoms with Gasteiger partial charge in [0.25, 0.3) is 5.91 Å². The van der Waals surface area contributed by atoms with Gasteiger partial charge in [-0.05, 0) is 50.2 Å². The standard InChI is InChI=1S/C25H23ClF2N10O2/c26-15-2-3-21(40-25(27)28)18(10-15)22-20(32-24(39)19-11-31-37-9-1-6-30-23(19)37)14-36(34-22)12-16-13-38(35-33-16)17-4-7-29-8-5-17/h1-3,6,9-11,13-14,17,25,29H,4-5,7-8,12H2,(H,32,39). The van der Waals surface area contributed by atoms with Gasteiger partial charge in [0, 0.05) is 29.2 Å². The van der Waals surface area contributed by atoms with Crippen LogP contribution >= 0.6 is 11.6 Å². The van der Waals surface area contributed by atoms with Gasteiger partial charge in [-0.2, -0.15) is 19.0 Å². The molecule has 0 unspecified atom stereocenters. The highest BCUT2D eigenvalue weighted by atomic mass is 35.5. The number of alkyl halides is 2. The molecule has 5 heterocycles. The molecule has 1 fully saturated rings. The van der Waals surface area contributed by atoms with Gasteiger partial charge < -0.3 is 15.4 Å². The third-order valence-electron chi connectivity index (χ3n) is 6.51.